The predicted octanol–water partition coefficient (Wildman–Crippen LogP) is 3.24. The third-order valence-electron chi connectivity index (χ3n) is 4.62. The highest BCUT2D eigenvalue weighted by atomic mass is 15.3. The van der Waals surface area contributed by atoms with Gasteiger partial charge in [-0.3, -0.25) is 4.99 Å². The Balaban J connectivity index is 1.62. The zero-order valence-corrected chi connectivity index (χ0v) is 13.5. The lowest BCUT2D eigenvalue weighted by Gasteiger charge is -2.24. The molecule has 1 aromatic carbocycles. The first kappa shape index (κ1) is 14.4. The number of guanidine groups is 1. The summed E-state index contributed by atoms with van der Waals surface area (Å²) in [5.41, 5.74) is 1.87. The van der Waals surface area contributed by atoms with E-state index in [1.807, 2.05) is 0 Å². The summed E-state index contributed by atoms with van der Waals surface area (Å²) in [6, 6.07) is 11.4. The van der Waals surface area contributed by atoms with Crippen LogP contribution >= 0.6 is 0 Å². The van der Waals surface area contributed by atoms with Crippen LogP contribution in [0.5, 0.6) is 0 Å². The van der Waals surface area contributed by atoms with E-state index in [-0.39, 0.29) is 0 Å². The number of hydrogen-bond donors (Lipinski definition) is 1. The molecule has 3 nitrogen and oxygen atoms in total. The predicted molar refractivity (Wildman–Crippen MR) is 88.7 cm³/mol. The second-order valence-electron chi connectivity index (χ2n) is 7.14. The first-order chi connectivity index (χ1) is 10.1. The zero-order chi connectivity index (χ0) is 14.9. The highest BCUT2D eigenvalue weighted by Crippen LogP contribution is 2.41. The van der Waals surface area contributed by atoms with Crippen LogP contribution in [0.1, 0.15) is 45.1 Å². The second kappa shape index (κ2) is 5.70. The van der Waals surface area contributed by atoms with E-state index < -0.39 is 0 Å². The van der Waals surface area contributed by atoms with Gasteiger partial charge in [-0.05, 0) is 30.7 Å². The Kier molecular flexibility index (Phi) is 3.92. The third kappa shape index (κ3) is 3.39. The number of likely N-dealkylation sites (tertiary alicyclic amines) is 1. The van der Waals surface area contributed by atoms with Crippen LogP contribution in [0.25, 0.3) is 0 Å². The van der Waals surface area contributed by atoms with Crippen molar-refractivity contribution >= 4 is 5.96 Å². The smallest absolute Gasteiger partial charge is 0.194 e. The van der Waals surface area contributed by atoms with Crippen molar-refractivity contribution in [3.05, 3.63) is 35.9 Å². The standard InChI is InChI=1S/C18H27N3/c1-4-19-17(21-11-10-18(2,3)13-21)20-16-12-15(16)14-8-6-5-7-9-14/h5-9,15-16H,4,10-13H2,1-3H3,(H,19,20). The van der Waals surface area contributed by atoms with E-state index in [1.165, 1.54) is 18.4 Å². The van der Waals surface area contributed by atoms with Crippen LogP contribution in [0.15, 0.2) is 35.3 Å². The highest BCUT2D eigenvalue weighted by molar-refractivity contribution is 5.81. The minimum atomic E-state index is 0.415. The summed E-state index contributed by atoms with van der Waals surface area (Å²) in [7, 11) is 0. The normalized spacial score (nSPS) is 27.8. The van der Waals surface area contributed by atoms with Crippen molar-refractivity contribution in [3.8, 4) is 0 Å². The summed E-state index contributed by atoms with van der Waals surface area (Å²) in [5.74, 6) is 1.77. The molecule has 21 heavy (non-hydrogen) atoms. The van der Waals surface area contributed by atoms with E-state index in [4.69, 9.17) is 4.99 Å². The Bertz CT molecular complexity index is 506. The molecule has 0 aromatic heterocycles. The van der Waals surface area contributed by atoms with Gasteiger partial charge in [-0.15, -0.1) is 0 Å². The molecule has 0 radical (unpaired) electrons. The van der Waals surface area contributed by atoms with E-state index in [2.05, 4.69) is 61.3 Å². The van der Waals surface area contributed by atoms with Crippen molar-refractivity contribution in [2.45, 2.75) is 45.6 Å². The molecule has 1 saturated carbocycles. The van der Waals surface area contributed by atoms with Gasteiger partial charge in [0.05, 0.1) is 0 Å². The molecule has 0 bridgehead atoms. The number of nitrogens with zero attached hydrogens (tertiary/aromatic N) is 2. The molecule has 2 aliphatic rings. The molecule has 1 aliphatic heterocycles. The van der Waals surface area contributed by atoms with Gasteiger partial charge in [0, 0.05) is 31.6 Å². The Labute approximate surface area is 128 Å². The van der Waals surface area contributed by atoms with Crippen molar-refractivity contribution < 1.29 is 0 Å². The van der Waals surface area contributed by atoms with Gasteiger partial charge >= 0.3 is 0 Å². The topological polar surface area (TPSA) is 27.6 Å². The Morgan fingerprint density at radius 3 is 2.71 bits per heavy atom. The molecule has 2 atom stereocenters. The number of nitrogens with one attached hydrogen (secondary N) is 1. The summed E-state index contributed by atoms with van der Waals surface area (Å²) in [5, 5.41) is 3.70. The zero-order valence-electron chi connectivity index (χ0n) is 13.5. The van der Waals surface area contributed by atoms with Gasteiger partial charge in [-0.2, -0.15) is 0 Å². The van der Waals surface area contributed by atoms with E-state index in [0.29, 0.717) is 17.4 Å². The van der Waals surface area contributed by atoms with Crippen LogP contribution in [0.3, 0.4) is 0 Å². The number of rotatable bonds is 3. The molecule has 1 saturated heterocycles. The maximum Gasteiger partial charge on any atom is 0.194 e. The first-order valence-corrected chi connectivity index (χ1v) is 8.20. The summed E-state index contributed by atoms with van der Waals surface area (Å²) in [6.45, 7) is 9.90. The summed E-state index contributed by atoms with van der Waals surface area (Å²) in [4.78, 5) is 7.15. The lowest BCUT2D eigenvalue weighted by Crippen LogP contribution is -2.42. The molecule has 3 heteroatoms. The minimum Gasteiger partial charge on any atom is -0.353 e. The average Bonchev–Trinajstić information content (AvgIpc) is 3.14. The highest BCUT2D eigenvalue weighted by Gasteiger charge is 2.40. The van der Waals surface area contributed by atoms with Gasteiger partial charge in [-0.1, -0.05) is 44.2 Å². The summed E-state index contributed by atoms with van der Waals surface area (Å²) < 4.78 is 0. The molecule has 1 N–H and O–H groups in total. The molecule has 2 unspecified atom stereocenters. The summed E-state index contributed by atoms with van der Waals surface area (Å²) >= 11 is 0. The molecule has 0 amide bonds. The molecule has 2 fully saturated rings. The Morgan fingerprint density at radius 1 is 1.33 bits per heavy atom. The molecule has 114 valence electrons. The lowest BCUT2D eigenvalue weighted by molar-refractivity contribution is 0.369. The van der Waals surface area contributed by atoms with E-state index in [0.717, 1.165) is 25.6 Å². The largest absolute Gasteiger partial charge is 0.353 e. The van der Waals surface area contributed by atoms with Crippen LogP contribution in [0.4, 0.5) is 0 Å². The maximum atomic E-state index is 4.71. The first-order valence-electron chi connectivity index (χ1n) is 8.20. The van der Waals surface area contributed by atoms with Gasteiger partial charge in [-0.25, -0.2) is 0 Å². The molecule has 0 spiro atoms. The van der Waals surface area contributed by atoms with Crippen LogP contribution < -0.4 is 5.32 Å². The van der Waals surface area contributed by atoms with Gasteiger partial charge < -0.3 is 10.2 Å². The van der Waals surface area contributed by atoms with Crippen molar-refractivity contribution in [1.29, 1.82) is 0 Å². The van der Waals surface area contributed by atoms with Crippen LogP contribution in [0.2, 0.25) is 0 Å². The maximum absolute atomic E-state index is 4.71. The van der Waals surface area contributed by atoms with Crippen molar-refractivity contribution in [3.63, 3.8) is 0 Å². The molecule has 1 aromatic rings. The quantitative estimate of drug-likeness (QED) is 0.682. The molecule has 3 rings (SSSR count). The van der Waals surface area contributed by atoms with Crippen molar-refractivity contribution in [2.24, 2.45) is 10.4 Å². The minimum absolute atomic E-state index is 0.415. The van der Waals surface area contributed by atoms with Crippen LogP contribution in [0, 0.1) is 5.41 Å². The van der Waals surface area contributed by atoms with Gasteiger partial charge in [0.15, 0.2) is 5.96 Å². The molecule has 1 aliphatic carbocycles. The Morgan fingerprint density at radius 2 is 2.10 bits per heavy atom. The van der Waals surface area contributed by atoms with E-state index in [9.17, 15) is 0 Å². The number of aliphatic imine (C=N–C) groups is 1. The second-order valence-corrected chi connectivity index (χ2v) is 7.14. The van der Waals surface area contributed by atoms with Crippen molar-refractivity contribution in [2.75, 3.05) is 19.6 Å². The molecular formula is C18H27N3. The molecular weight excluding hydrogens is 258 g/mol. The average molecular weight is 285 g/mol. The molecule has 1 heterocycles. The van der Waals surface area contributed by atoms with Gasteiger partial charge in [0.1, 0.15) is 0 Å². The van der Waals surface area contributed by atoms with Crippen molar-refractivity contribution in [1.82, 2.24) is 10.2 Å². The van der Waals surface area contributed by atoms with Gasteiger partial charge in [0.2, 0.25) is 0 Å². The lowest BCUT2D eigenvalue weighted by atomic mass is 9.93. The number of benzene rings is 1. The van der Waals surface area contributed by atoms with E-state index >= 15 is 0 Å². The number of hydrogen-bond acceptors (Lipinski definition) is 1. The Hall–Kier alpha value is -1.51. The van der Waals surface area contributed by atoms with E-state index in [1.54, 1.807) is 0 Å². The summed E-state index contributed by atoms with van der Waals surface area (Å²) in [6.07, 6.45) is 2.48. The fraction of sp³-hybridized carbons (Fsp3) is 0.611. The van der Waals surface area contributed by atoms with Crippen LogP contribution in [-0.2, 0) is 0 Å². The van der Waals surface area contributed by atoms with Gasteiger partial charge in [0.25, 0.3) is 0 Å². The fourth-order valence-electron chi connectivity index (χ4n) is 3.27. The monoisotopic (exact) mass is 285 g/mol. The fourth-order valence-corrected chi connectivity index (χ4v) is 3.27. The third-order valence-corrected chi connectivity index (χ3v) is 4.62. The SMILES string of the molecule is CCN=C(NC1CC1c1ccccc1)N1CCC(C)(C)C1. The van der Waals surface area contributed by atoms with Crippen LogP contribution in [-0.4, -0.2) is 36.5 Å².